The Bertz CT molecular complexity index is 596. The van der Waals surface area contributed by atoms with E-state index in [0.29, 0.717) is 6.42 Å². The summed E-state index contributed by atoms with van der Waals surface area (Å²) in [5, 5.41) is 44.1. The van der Waals surface area contributed by atoms with Crippen LogP contribution >= 0.6 is 0 Å². The molecule has 0 unspecified atom stereocenters. The minimum atomic E-state index is -2.74. The van der Waals surface area contributed by atoms with Crippen LogP contribution in [0.1, 0.15) is 84.0 Å². The molecule has 0 aromatic heterocycles. The van der Waals surface area contributed by atoms with Crippen molar-refractivity contribution in [1.82, 2.24) is 4.90 Å². The Kier molecular flexibility index (Phi) is 22.7. The third kappa shape index (κ3) is 21.9. The standard InChI is InChI=1S/C15H29NO3.C6H8O7.Na/c1-3-4-5-6-7-8-9-10-11-12-14(17)16(2)13-15(18)19;7-3(8)1-6(13,5(11)12)2-4(9)10;/h3-13H2,1-2H3,(H,18,19);13H,1-2H2,(H,7,8)(H,9,10)(H,11,12);/q;;+1/p-1. The van der Waals surface area contributed by atoms with E-state index in [4.69, 9.17) is 20.4 Å². The summed E-state index contributed by atoms with van der Waals surface area (Å²) in [6.45, 7) is 1.91. The average molecular weight is 486 g/mol. The Morgan fingerprint density at radius 2 is 1.18 bits per heavy atom. The van der Waals surface area contributed by atoms with Gasteiger partial charge in [0.15, 0.2) is 5.60 Å². The molecule has 0 rings (SSSR count). The topological polar surface area (TPSA) is 193 Å². The summed E-state index contributed by atoms with van der Waals surface area (Å²) in [5.74, 6) is -6.33. The first kappa shape index (κ1) is 35.9. The van der Waals surface area contributed by atoms with Gasteiger partial charge in [0.25, 0.3) is 0 Å². The molecule has 1 amide bonds. The molecule has 186 valence electrons. The van der Waals surface area contributed by atoms with Crippen molar-refractivity contribution in [2.45, 2.75) is 89.6 Å². The average Bonchev–Trinajstić information content (AvgIpc) is 2.65. The van der Waals surface area contributed by atoms with Crippen LogP contribution in [0.15, 0.2) is 0 Å². The van der Waals surface area contributed by atoms with E-state index in [0.717, 1.165) is 12.8 Å². The second kappa shape index (κ2) is 20.9. The summed E-state index contributed by atoms with van der Waals surface area (Å²) < 4.78 is 0. The fourth-order valence-corrected chi connectivity index (χ4v) is 2.77. The molecule has 0 bridgehead atoms. The van der Waals surface area contributed by atoms with Crippen LogP contribution in [-0.4, -0.2) is 74.3 Å². The molecular formula is C21H36NNaO10. The van der Waals surface area contributed by atoms with Crippen LogP contribution in [0.25, 0.3) is 0 Å². The molecule has 0 aromatic rings. The number of likely N-dealkylation sites (N-methyl/N-ethyl adjacent to an activating group) is 1. The van der Waals surface area contributed by atoms with Crippen LogP contribution in [0.4, 0.5) is 0 Å². The van der Waals surface area contributed by atoms with Gasteiger partial charge in [0.1, 0.15) is 0 Å². The molecule has 0 spiro atoms. The van der Waals surface area contributed by atoms with Crippen LogP contribution in [0.5, 0.6) is 0 Å². The van der Waals surface area contributed by atoms with E-state index in [1.54, 1.807) is 0 Å². The third-order valence-corrected chi connectivity index (χ3v) is 4.57. The Labute approximate surface area is 216 Å². The summed E-state index contributed by atoms with van der Waals surface area (Å²) in [6, 6.07) is 0. The summed E-state index contributed by atoms with van der Waals surface area (Å²) >= 11 is 0. The Morgan fingerprint density at radius 1 is 0.788 bits per heavy atom. The zero-order valence-corrected chi connectivity index (χ0v) is 21.9. The SMILES string of the molecule is CCCCCCCCCCCC(=O)N(C)CC(=O)[O-].O=C(O)CC(O)(CC(=O)O)C(=O)O.[Na+]. The third-order valence-electron chi connectivity index (χ3n) is 4.57. The van der Waals surface area contributed by atoms with Gasteiger partial charge in [-0.3, -0.25) is 14.4 Å². The van der Waals surface area contributed by atoms with Crippen LogP contribution in [0, 0.1) is 0 Å². The number of aliphatic carboxylic acids is 4. The summed E-state index contributed by atoms with van der Waals surface area (Å²) in [6.07, 6.45) is 9.03. The van der Waals surface area contributed by atoms with Crippen molar-refractivity contribution < 1.29 is 79.1 Å². The number of carboxylic acid groups (broad SMARTS) is 4. The van der Waals surface area contributed by atoms with E-state index < -0.39 is 42.3 Å². The number of amides is 1. The van der Waals surface area contributed by atoms with Crippen molar-refractivity contribution in [2.75, 3.05) is 13.6 Å². The molecule has 4 N–H and O–H groups in total. The summed E-state index contributed by atoms with van der Waals surface area (Å²) in [5.41, 5.74) is -2.74. The summed E-state index contributed by atoms with van der Waals surface area (Å²) in [7, 11) is 1.51. The maximum atomic E-state index is 11.5. The number of carbonyl (C=O) groups excluding carboxylic acids is 2. The smallest absolute Gasteiger partial charge is 0.548 e. The Balaban J connectivity index is -0.000000566. The molecule has 0 fully saturated rings. The van der Waals surface area contributed by atoms with Crippen LogP contribution in [0.3, 0.4) is 0 Å². The van der Waals surface area contributed by atoms with Gasteiger partial charge in [0.05, 0.1) is 25.4 Å². The molecule has 11 nitrogen and oxygen atoms in total. The monoisotopic (exact) mass is 485 g/mol. The Hall–Kier alpha value is -1.69. The number of unbranched alkanes of at least 4 members (excludes halogenated alkanes) is 8. The molecule has 0 aromatic carbocycles. The summed E-state index contributed by atoms with van der Waals surface area (Å²) in [4.78, 5) is 53.6. The number of aliphatic hydroxyl groups is 1. The number of hydrogen-bond acceptors (Lipinski definition) is 7. The first-order valence-electron chi connectivity index (χ1n) is 10.7. The van der Waals surface area contributed by atoms with E-state index in [2.05, 4.69) is 6.92 Å². The zero-order chi connectivity index (χ0) is 25.2. The van der Waals surface area contributed by atoms with Crippen molar-refractivity contribution in [2.24, 2.45) is 0 Å². The second-order valence-corrected chi connectivity index (χ2v) is 7.68. The van der Waals surface area contributed by atoms with Gasteiger partial charge in [0.2, 0.25) is 5.91 Å². The van der Waals surface area contributed by atoms with E-state index in [1.807, 2.05) is 0 Å². The number of carbonyl (C=O) groups is 5. The molecular weight excluding hydrogens is 449 g/mol. The molecule has 12 heteroatoms. The first-order valence-corrected chi connectivity index (χ1v) is 10.7. The molecule has 0 saturated carbocycles. The van der Waals surface area contributed by atoms with Gasteiger partial charge in [-0.1, -0.05) is 58.3 Å². The minimum Gasteiger partial charge on any atom is -0.548 e. The van der Waals surface area contributed by atoms with Crippen LogP contribution in [-0.2, 0) is 24.0 Å². The molecule has 0 saturated heterocycles. The zero-order valence-electron chi connectivity index (χ0n) is 19.9. The molecule has 33 heavy (non-hydrogen) atoms. The van der Waals surface area contributed by atoms with Gasteiger partial charge in [-0.25, -0.2) is 4.79 Å². The van der Waals surface area contributed by atoms with Gasteiger partial charge < -0.3 is 35.2 Å². The predicted molar refractivity (Wildman–Crippen MR) is 112 cm³/mol. The number of nitrogens with zero attached hydrogens (tertiary/aromatic N) is 1. The molecule has 0 radical (unpaired) electrons. The predicted octanol–water partition coefficient (Wildman–Crippen LogP) is -2.13. The fourth-order valence-electron chi connectivity index (χ4n) is 2.77. The van der Waals surface area contributed by atoms with Gasteiger partial charge in [0, 0.05) is 13.5 Å². The van der Waals surface area contributed by atoms with E-state index in [1.165, 1.54) is 56.9 Å². The maximum absolute atomic E-state index is 11.5. The van der Waals surface area contributed by atoms with Crippen LogP contribution in [0.2, 0.25) is 0 Å². The van der Waals surface area contributed by atoms with Crippen molar-refractivity contribution in [3.63, 3.8) is 0 Å². The second-order valence-electron chi connectivity index (χ2n) is 7.68. The largest absolute Gasteiger partial charge is 1.00 e. The Morgan fingerprint density at radius 3 is 1.52 bits per heavy atom. The number of rotatable bonds is 17. The van der Waals surface area contributed by atoms with Crippen molar-refractivity contribution in [3.8, 4) is 0 Å². The minimum absolute atomic E-state index is 0. The van der Waals surface area contributed by atoms with Gasteiger partial charge >= 0.3 is 47.5 Å². The van der Waals surface area contributed by atoms with Crippen LogP contribution < -0.4 is 34.7 Å². The molecule has 0 heterocycles. The van der Waals surface area contributed by atoms with Gasteiger partial charge in [-0.15, -0.1) is 0 Å². The fraction of sp³-hybridized carbons (Fsp3) is 0.762. The maximum Gasteiger partial charge on any atom is 1.00 e. The van der Waals surface area contributed by atoms with Crippen molar-refractivity contribution >= 4 is 29.8 Å². The van der Waals surface area contributed by atoms with Gasteiger partial charge in [-0.2, -0.15) is 0 Å². The molecule has 0 aliphatic rings. The molecule has 0 atom stereocenters. The first-order chi connectivity index (χ1) is 14.9. The molecule has 0 aliphatic heterocycles. The van der Waals surface area contributed by atoms with E-state index in [-0.39, 0.29) is 42.0 Å². The van der Waals surface area contributed by atoms with Gasteiger partial charge in [-0.05, 0) is 6.42 Å². The van der Waals surface area contributed by atoms with Crippen molar-refractivity contribution in [3.05, 3.63) is 0 Å². The van der Waals surface area contributed by atoms with E-state index >= 15 is 0 Å². The number of carboxylic acids is 4. The number of hydrogen-bond donors (Lipinski definition) is 4. The molecule has 0 aliphatic carbocycles. The van der Waals surface area contributed by atoms with Crippen molar-refractivity contribution in [1.29, 1.82) is 0 Å². The van der Waals surface area contributed by atoms with E-state index in [9.17, 15) is 29.1 Å². The quantitative estimate of drug-likeness (QED) is 0.131. The normalized spacial score (nSPS) is 10.3.